The number of rotatable bonds is 5. The third kappa shape index (κ3) is 1.96. The number of hydrogen-bond acceptors (Lipinski definition) is 8. The smallest absolute Gasteiger partial charge is 0.136 e. The Kier molecular flexibility index (Phi) is 4.62. The van der Waals surface area contributed by atoms with Crippen LogP contribution in [0.4, 0.5) is 0 Å². The molecule has 7 bridgehead atoms. The number of likely N-dealkylation sites (tertiary alicyclic amines) is 1. The zero-order chi connectivity index (χ0) is 22.8. The minimum absolute atomic E-state index is 0.0607. The van der Waals surface area contributed by atoms with Crippen molar-refractivity contribution in [3.8, 4) is 0 Å². The molecule has 0 aromatic rings. The largest absolute Gasteiger partial charge is 0.392 e. The Morgan fingerprint density at radius 1 is 1.12 bits per heavy atom. The van der Waals surface area contributed by atoms with Crippen LogP contribution in [0, 0.1) is 34.5 Å². The molecule has 32 heavy (non-hydrogen) atoms. The van der Waals surface area contributed by atoms with Crippen LogP contribution in [0.5, 0.6) is 0 Å². The van der Waals surface area contributed by atoms with Crippen molar-refractivity contribution in [3.63, 3.8) is 0 Å². The van der Waals surface area contributed by atoms with Crippen LogP contribution in [0.1, 0.15) is 32.6 Å². The molecule has 4 N–H and O–H groups in total. The predicted molar refractivity (Wildman–Crippen MR) is 114 cm³/mol. The van der Waals surface area contributed by atoms with E-state index in [1.54, 1.807) is 21.3 Å². The maximum absolute atomic E-state index is 12.8. The SMILES string of the molecule is CCN1C[C@]2(COC)CC[C@H](O)[C@@]34[C@@H]5C[C@H]6[C@H](O)[C@@H]5[C@](OC)(C[C@@H]6OC)[C@@](O)([C@H](O)[C@H]23)[C@@H]14. The molecule has 1 spiro atoms. The van der Waals surface area contributed by atoms with Gasteiger partial charge in [0.05, 0.1) is 37.1 Å². The first-order chi connectivity index (χ1) is 15.2. The molecule has 1 saturated heterocycles. The molecule has 0 radical (unpaired) electrons. The fourth-order valence-electron chi connectivity index (χ4n) is 10.8. The quantitative estimate of drug-likeness (QED) is 0.446. The van der Waals surface area contributed by atoms with E-state index >= 15 is 0 Å². The predicted octanol–water partition coefficient (Wildman–Crippen LogP) is -0.383. The topological polar surface area (TPSA) is 112 Å². The van der Waals surface area contributed by atoms with E-state index in [4.69, 9.17) is 14.2 Å². The molecule has 8 heteroatoms. The van der Waals surface area contributed by atoms with E-state index < -0.39 is 41.0 Å². The summed E-state index contributed by atoms with van der Waals surface area (Å²) in [7, 11) is 4.95. The van der Waals surface area contributed by atoms with Crippen molar-refractivity contribution in [2.45, 2.75) is 74.3 Å². The molecule has 6 aliphatic rings. The average Bonchev–Trinajstić information content (AvgIpc) is 3.12. The van der Waals surface area contributed by atoms with Crippen molar-refractivity contribution in [3.05, 3.63) is 0 Å². The second kappa shape index (κ2) is 6.66. The van der Waals surface area contributed by atoms with E-state index in [0.717, 1.165) is 13.0 Å². The molecule has 0 aromatic heterocycles. The summed E-state index contributed by atoms with van der Waals surface area (Å²) in [4.78, 5) is 2.28. The summed E-state index contributed by atoms with van der Waals surface area (Å²) in [5.41, 5.74) is -3.85. The summed E-state index contributed by atoms with van der Waals surface area (Å²) in [5, 5.41) is 48.2. The molecule has 182 valence electrons. The van der Waals surface area contributed by atoms with E-state index in [-0.39, 0.29) is 35.2 Å². The lowest BCUT2D eigenvalue weighted by Gasteiger charge is -2.70. The Bertz CT molecular complexity index is 798. The zero-order valence-electron chi connectivity index (χ0n) is 19.6. The van der Waals surface area contributed by atoms with Gasteiger partial charge in [0.2, 0.25) is 0 Å². The molecule has 5 saturated carbocycles. The molecule has 6 rings (SSSR count). The fraction of sp³-hybridized carbons (Fsp3) is 1.00. The highest BCUT2D eigenvalue weighted by atomic mass is 16.5. The number of hydrogen-bond donors (Lipinski definition) is 4. The summed E-state index contributed by atoms with van der Waals surface area (Å²) in [6, 6.07) is -0.442. The van der Waals surface area contributed by atoms with Gasteiger partial charge in [-0.2, -0.15) is 0 Å². The summed E-state index contributed by atoms with van der Waals surface area (Å²) < 4.78 is 17.8. The highest BCUT2D eigenvalue weighted by molar-refractivity contribution is 5.41. The van der Waals surface area contributed by atoms with Crippen LogP contribution in [0.2, 0.25) is 0 Å². The van der Waals surface area contributed by atoms with Crippen LogP contribution in [0.25, 0.3) is 0 Å². The number of nitrogens with zero attached hydrogens (tertiary/aromatic N) is 1. The standard InChI is InChI=1S/C24H39NO7/c1-5-25-10-21(11-30-2)7-6-15(26)23-13-8-12-14(31-3)9-22(32-4,16(13)17(12)27)24(29,20(23)25)19(28)18(21)23/h12-20,26-29H,5-11H2,1-4H3/t12-,13-,14+,15+,16-,17+,18-,19-,20+,21+,22-,23+,24-/m1/s1. The summed E-state index contributed by atoms with van der Waals surface area (Å²) in [6.45, 7) is 3.98. The molecule has 6 fully saturated rings. The zero-order valence-corrected chi connectivity index (χ0v) is 19.6. The number of aliphatic hydroxyl groups excluding tert-OH is 3. The second-order valence-electron chi connectivity index (χ2n) is 11.7. The molecule has 5 aliphatic carbocycles. The highest BCUT2D eigenvalue weighted by Gasteiger charge is 2.91. The van der Waals surface area contributed by atoms with Crippen LogP contribution in [0.3, 0.4) is 0 Å². The molecule has 1 aliphatic heterocycles. The lowest BCUT2D eigenvalue weighted by atomic mass is 9.42. The third-order valence-corrected chi connectivity index (χ3v) is 11.3. The van der Waals surface area contributed by atoms with Gasteiger partial charge in [0.15, 0.2) is 0 Å². The van der Waals surface area contributed by atoms with Crippen LogP contribution >= 0.6 is 0 Å². The second-order valence-corrected chi connectivity index (χ2v) is 11.7. The van der Waals surface area contributed by atoms with Crippen LogP contribution in [-0.4, -0.2) is 108 Å². The molecule has 0 amide bonds. The highest BCUT2D eigenvalue weighted by Crippen LogP contribution is 2.80. The van der Waals surface area contributed by atoms with Crippen LogP contribution in [0.15, 0.2) is 0 Å². The molecule has 1 heterocycles. The molecule has 0 unspecified atom stereocenters. The van der Waals surface area contributed by atoms with Gasteiger partial charge >= 0.3 is 0 Å². The Hall–Kier alpha value is -0.320. The van der Waals surface area contributed by atoms with Gasteiger partial charge < -0.3 is 34.6 Å². The van der Waals surface area contributed by atoms with Crippen LogP contribution < -0.4 is 0 Å². The van der Waals surface area contributed by atoms with Gasteiger partial charge in [0.25, 0.3) is 0 Å². The number of fused-ring (bicyclic) bond motifs is 2. The van der Waals surface area contributed by atoms with Crippen molar-refractivity contribution >= 4 is 0 Å². The number of methoxy groups -OCH3 is 3. The number of likely N-dealkylation sites (N-methyl/N-ethyl adjacent to an activating group) is 1. The number of aliphatic hydroxyl groups is 4. The van der Waals surface area contributed by atoms with Gasteiger partial charge in [-0.1, -0.05) is 6.92 Å². The van der Waals surface area contributed by atoms with Gasteiger partial charge in [0, 0.05) is 62.9 Å². The minimum Gasteiger partial charge on any atom is -0.392 e. The van der Waals surface area contributed by atoms with Gasteiger partial charge in [-0.05, 0) is 31.7 Å². The first-order valence-corrected chi connectivity index (χ1v) is 12.3. The molecular weight excluding hydrogens is 414 g/mol. The Morgan fingerprint density at radius 2 is 1.88 bits per heavy atom. The normalized spacial score (nSPS) is 62.4. The van der Waals surface area contributed by atoms with Crippen LogP contribution in [-0.2, 0) is 14.2 Å². The Morgan fingerprint density at radius 3 is 2.50 bits per heavy atom. The van der Waals surface area contributed by atoms with Crippen molar-refractivity contribution in [1.29, 1.82) is 0 Å². The average molecular weight is 454 g/mol. The Balaban J connectivity index is 1.67. The molecule has 8 nitrogen and oxygen atoms in total. The first kappa shape index (κ1) is 22.2. The maximum atomic E-state index is 12.8. The lowest BCUT2D eigenvalue weighted by molar-refractivity contribution is -0.323. The van der Waals surface area contributed by atoms with Crippen molar-refractivity contribution in [1.82, 2.24) is 4.90 Å². The molecule has 13 atom stereocenters. The van der Waals surface area contributed by atoms with Gasteiger partial charge in [0.1, 0.15) is 11.2 Å². The van der Waals surface area contributed by atoms with E-state index in [0.29, 0.717) is 32.4 Å². The van der Waals surface area contributed by atoms with E-state index in [9.17, 15) is 20.4 Å². The molecular formula is C24H39NO7. The van der Waals surface area contributed by atoms with Gasteiger partial charge in [-0.25, -0.2) is 0 Å². The first-order valence-electron chi connectivity index (χ1n) is 12.3. The summed E-state index contributed by atoms with van der Waals surface area (Å²) in [6.07, 6.45) is -0.201. The number of ether oxygens (including phenoxy) is 3. The van der Waals surface area contributed by atoms with Crippen molar-refractivity contribution in [2.75, 3.05) is 41.0 Å². The van der Waals surface area contributed by atoms with Gasteiger partial charge in [-0.15, -0.1) is 0 Å². The molecule has 0 aromatic carbocycles. The number of piperidine rings is 1. The van der Waals surface area contributed by atoms with Gasteiger partial charge in [-0.3, -0.25) is 4.90 Å². The summed E-state index contributed by atoms with van der Waals surface area (Å²) in [5.74, 6) is -0.800. The Labute approximate surface area is 189 Å². The van der Waals surface area contributed by atoms with Crippen molar-refractivity contribution < 1.29 is 34.6 Å². The van der Waals surface area contributed by atoms with E-state index in [1.165, 1.54) is 0 Å². The minimum atomic E-state index is -1.63. The van der Waals surface area contributed by atoms with Crippen molar-refractivity contribution in [2.24, 2.45) is 34.5 Å². The lowest BCUT2D eigenvalue weighted by Crippen LogP contribution is -2.82. The maximum Gasteiger partial charge on any atom is 0.136 e. The summed E-state index contributed by atoms with van der Waals surface area (Å²) >= 11 is 0. The van der Waals surface area contributed by atoms with E-state index in [1.807, 2.05) is 0 Å². The third-order valence-electron chi connectivity index (χ3n) is 11.3. The monoisotopic (exact) mass is 453 g/mol. The van der Waals surface area contributed by atoms with E-state index in [2.05, 4.69) is 11.8 Å². The fourth-order valence-corrected chi connectivity index (χ4v) is 10.8.